The molecule has 0 atom stereocenters. The van der Waals surface area contributed by atoms with Crippen LogP contribution in [0.4, 0.5) is 0 Å². The van der Waals surface area contributed by atoms with Crippen molar-refractivity contribution in [3.63, 3.8) is 0 Å². The molecule has 4 aromatic rings. The number of benzene rings is 2. The molecule has 0 aliphatic carbocycles. The average molecular weight is 464 g/mol. The lowest BCUT2D eigenvalue weighted by atomic mass is 9.95. The number of aromatic amines is 1. The van der Waals surface area contributed by atoms with Gasteiger partial charge in [0.05, 0.1) is 16.7 Å². The molecule has 150 valence electrons. The van der Waals surface area contributed by atoms with Crippen LogP contribution in [-0.2, 0) is 16.1 Å². The normalized spacial score (nSPS) is 14.7. The lowest BCUT2D eigenvalue weighted by Gasteiger charge is -2.10. The van der Waals surface area contributed by atoms with Gasteiger partial charge in [0, 0.05) is 50.8 Å². The van der Waals surface area contributed by atoms with E-state index in [4.69, 9.17) is 0 Å². The van der Waals surface area contributed by atoms with Gasteiger partial charge in [-0.1, -0.05) is 30.3 Å². The zero-order valence-electron chi connectivity index (χ0n) is 16.1. The van der Waals surface area contributed by atoms with Crippen LogP contribution in [0.5, 0.6) is 0 Å². The lowest BCUT2D eigenvalue weighted by Crippen LogP contribution is -2.32. The van der Waals surface area contributed by atoms with Gasteiger partial charge in [0.1, 0.15) is 6.73 Å². The Morgan fingerprint density at radius 2 is 1.67 bits per heavy atom. The van der Waals surface area contributed by atoms with Crippen molar-refractivity contribution in [3.05, 3.63) is 70.5 Å². The van der Waals surface area contributed by atoms with E-state index in [1.807, 2.05) is 55.6 Å². The predicted octanol–water partition coefficient (Wildman–Crippen LogP) is 4.13. The maximum absolute atomic E-state index is 13.3. The van der Waals surface area contributed by atoms with Gasteiger partial charge in [-0.2, -0.15) is 0 Å². The largest absolute Gasteiger partial charge is 0.376 e. The van der Waals surface area contributed by atoms with Crippen molar-refractivity contribution >= 4 is 60.7 Å². The molecule has 0 fully saturated rings. The van der Waals surface area contributed by atoms with Crippen molar-refractivity contribution in [1.29, 1.82) is 0 Å². The van der Waals surface area contributed by atoms with Gasteiger partial charge in [0.25, 0.3) is 11.8 Å². The van der Waals surface area contributed by atoms with Gasteiger partial charge in [-0.3, -0.25) is 14.5 Å². The summed E-state index contributed by atoms with van der Waals surface area (Å²) in [4.78, 5) is 30.6. The Bertz CT molecular complexity index is 1380. The molecule has 0 spiro atoms. The van der Waals surface area contributed by atoms with Crippen molar-refractivity contribution in [2.45, 2.75) is 13.5 Å². The fraction of sp³-hybridized carbons (Fsp3) is 0.130. The molecule has 2 amide bonds. The number of amides is 2. The molecule has 1 aliphatic heterocycles. The summed E-state index contributed by atoms with van der Waals surface area (Å²) in [5, 5.41) is 11.5. The standard InChI is InChI=1S/C23H18BrN3O3/c1-2-26-11-16(13-6-3-4-9-18(13)26)20-19(22(29)27(12-28)23(20)30)15-10-25-21-14(15)7-5-8-17(21)24/h3-11,25,28H,2,12H2,1H3. The second-order valence-corrected chi connectivity index (χ2v) is 7.99. The number of nitrogens with zero attached hydrogens (tertiary/aromatic N) is 2. The van der Waals surface area contributed by atoms with Gasteiger partial charge < -0.3 is 14.7 Å². The van der Waals surface area contributed by atoms with E-state index in [-0.39, 0.29) is 0 Å². The number of rotatable bonds is 4. The third-order valence-electron chi connectivity index (χ3n) is 5.64. The number of hydrogen-bond donors (Lipinski definition) is 2. The van der Waals surface area contributed by atoms with E-state index in [1.165, 1.54) is 0 Å². The zero-order chi connectivity index (χ0) is 21.0. The number of imide groups is 1. The minimum absolute atomic E-state index is 0.303. The molecule has 0 saturated heterocycles. The summed E-state index contributed by atoms with van der Waals surface area (Å²) in [6.45, 7) is 2.10. The Kier molecular flexibility index (Phi) is 4.38. The molecule has 2 N–H and O–H groups in total. The number of fused-ring (bicyclic) bond motifs is 2. The van der Waals surface area contributed by atoms with Crippen molar-refractivity contribution in [2.75, 3.05) is 6.73 Å². The van der Waals surface area contributed by atoms with Gasteiger partial charge in [-0.25, -0.2) is 0 Å². The molecular weight excluding hydrogens is 446 g/mol. The minimum Gasteiger partial charge on any atom is -0.376 e. The third kappa shape index (κ3) is 2.52. The molecule has 0 unspecified atom stereocenters. The number of para-hydroxylation sites is 2. The zero-order valence-corrected chi connectivity index (χ0v) is 17.7. The summed E-state index contributed by atoms with van der Waals surface area (Å²) in [7, 11) is 0. The number of aliphatic hydroxyl groups excluding tert-OH is 1. The highest BCUT2D eigenvalue weighted by Gasteiger charge is 2.41. The second kappa shape index (κ2) is 6.97. The number of aryl methyl sites for hydroxylation is 1. The van der Waals surface area contributed by atoms with Crippen LogP contribution in [0, 0.1) is 0 Å². The molecule has 6 nitrogen and oxygen atoms in total. The summed E-state index contributed by atoms with van der Waals surface area (Å²) in [5.74, 6) is -0.979. The van der Waals surface area contributed by atoms with E-state index in [1.54, 1.807) is 6.20 Å². The van der Waals surface area contributed by atoms with Crippen molar-refractivity contribution in [3.8, 4) is 0 Å². The predicted molar refractivity (Wildman–Crippen MR) is 119 cm³/mol. The Morgan fingerprint density at radius 1 is 0.967 bits per heavy atom. The highest BCUT2D eigenvalue weighted by molar-refractivity contribution is 9.10. The van der Waals surface area contributed by atoms with Crippen molar-refractivity contribution in [1.82, 2.24) is 14.5 Å². The fourth-order valence-electron chi connectivity index (χ4n) is 4.24. The molecular formula is C23H18BrN3O3. The summed E-state index contributed by atoms with van der Waals surface area (Å²) >= 11 is 3.52. The van der Waals surface area contributed by atoms with Gasteiger partial charge in [-0.05, 0) is 35.0 Å². The average Bonchev–Trinajstić information content (AvgIpc) is 3.40. The summed E-state index contributed by atoms with van der Waals surface area (Å²) in [5.41, 5.74) is 3.80. The number of hydrogen-bond acceptors (Lipinski definition) is 3. The monoisotopic (exact) mass is 463 g/mol. The minimum atomic E-state index is -0.664. The first kappa shape index (κ1) is 18.8. The maximum Gasteiger partial charge on any atom is 0.264 e. The molecule has 2 aromatic heterocycles. The topological polar surface area (TPSA) is 78.3 Å². The van der Waals surface area contributed by atoms with Crippen molar-refractivity contribution in [2.24, 2.45) is 0 Å². The first-order valence-corrected chi connectivity index (χ1v) is 10.4. The van der Waals surface area contributed by atoms with Crippen LogP contribution in [0.2, 0.25) is 0 Å². The Hall–Kier alpha value is -3.16. The van der Waals surface area contributed by atoms with E-state index >= 15 is 0 Å². The lowest BCUT2D eigenvalue weighted by molar-refractivity contribution is -0.139. The number of halogens is 1. The molecule has 0 bridgehead atoms. The van der Waals surface area contributed by atoms with Crippen LogP contribution >= 0.6 is 15.9 Å². The first-order valence-electron chi connectivity index (χ1n) is 9.62. The number of carbonyl (C=O) groups excluding carboxylic acids is 2. The van der Waals surface area contributed by atoms with E-state index in [2.05, 4.69) is 25.5 Å². The molecule has 30 heavy (non-hydrogen) atoms. The molecule has 0 radical (unpaired) electrons. The highest BCUT2D eigenvalue weighted by atomic mass is 79.9. The van der Waals surface area contributed by atoms with Gasteiger partial charge in [0.15, 0.2) is 0 Å². The molecule has 1 aliphatic rings. The van der Waals surface area contributed by atoms with Gasteiger partial charge in [-0.15, -0.1) is 0 Å². The molecule has 2 aromatic carbocycles. The van der Waals surface area contributed by atoms with Gasteiger partial charge in [0.2, 0.25) is 0 Å². The smallest absolute Gasteiger partial charge is 0.264 e. The van der Waals surface area contributed by atoms with E-state index in [9.17, 15) is 14.7 Å². The summed E-state index contributed by atoms with van der Waals surface area (Å²) in [6, 6.07) is 13.5. The molecule has 7 heteroatoms. The first-order chi connectivity index (χ1) is 14.6. The highest BCUT2D eigenvalue weighted by Crippen LogP contribution is 2.41. The Labute approximate surface area is 180 Å². The molecule has 3 heterocycles. The number of nitrogens with one attached hydrogen (secondary N) is 1. The summed E-state index contributed by atoms with van der Waals surface area (Å²) < 4.78 is 2.92. The van der Waals surface area contributed by atoms with Crippen LogP contribution in [0.1, 0.15) is 18.1 Å². The number of carbonyl (C=O) groups is 2. The second-order valence-electron chi connectivity index (χ2n) is 7.14. The van der Waals surface area contributed by atoms with Crippen LogP contribution in [0.25, 0.3) is 33.0 Å². The molecule has 0 saturated carbocycles. The summed E-state index contributed by atoms with van der Waals surface area (Å²) in [6.07, 6.45) is 3.66. The third-order valence-corrected chi connectivity index (χ3v) is 6.30. The van der Waals surface area contributed by atoms with E-state index in [0.717, 1.165) is 37.7 Å². The Morgan fingerprint density at radius 3 is 2.40 bits per heavy atom. The fourth-order valence-corrected chi connectivity index (χ4v) is 4.72. The maximum atomic E-state index is 13.3. The van der Waals surface area contributed by atoms with Crippen LogP contribution in [0.3, 0.4) is 0 Å². The number of aliphatic hydroxyl groups is 1. The number of H-pyrrole nitrogens is 1. The quantitative estimate of drug-likeness (QED) is 0.446. The van der Waals surface area contributed by atoms with E-state index in [0.29, 0.717) is 22.3 Å². The number of aromatic nitrogens is 2. The van der Waals surface area contributed by atoms with Crippen LogP contribution in [-0.4, -0.2) is 38.1 Å². The van der Waals surface area contributed by atoms with Crippen molar-refractivity contribution < 1.29 is 14.7 Å². The van der Waals surface area contributed by atoms with Crippen LogP contribution in [0.15, 0.2) is 59.3 Å². The molecule has 5 rings (SSSR count). The van der Waals surface area contributed by atoms with E-state index < -0.39 is 18.5 Å². The SMILES string of the molecule is CCn1cc(C2=C(c3c[nH]c4c(Br)cccc34)C(=O)N(CO)C2=O)c2ccccc21. The Balaban J connectivity index is 1.87. The van der Waals surface area contributed by atoms with Gasteiger partial charge >= 0.3 is 0 Å². The van der Waals surface area contributed by atoms with Crippen LogP contribution < -0.4 is 0 Å².